The number of halogens is 2. The van der Waals surface area contributed by atoms with Crippen LogP contribution < -0.4 is 4.74 Å². The van der Waals surface area contributed by atoms with Crippen molar-refractivity contribution < 1.29 is 4.74 Å². The Balaban J connectivity index is 1.91. The molecule has 0 spiro atoms. The molecule has 1 heterocycles. The van der Waals surface area contributed by atoms with Crippen molar-refractivity contribution in [3.05, 3.63) is 63.6 Å². The van der Waals surface area contributed by atoms with Gasteiger partial charge in [0.05, 0.1) is 12.0 Å². The molecule has 3 rings (SSSR count). The summed E-state index contributed by atoms with van der Waals surface area (Å²) in [4.78, 5) is 0. The standard InChI is InChI=1S/C16H14BrClO/c17-14-6-3-11(4-7-14)16(18)13-5-8-15-12(10-13)2-1-9-19-15/h3-8,10,16H,1-2,9H2. The summed E-state index contributed by atoms with van der Waals surface area (Å²) >= 11 is 10.0. The van der Waals surface area contributed by atoms with Gasteiger partial charge in [0.1, 0.15) is 5.75 Å². The molecule has 3 heteroatoms. The second-order valence-corrected chi connectivity index (χ2v) is 6.09. The first-order valence-corrected chi connectivity index (χ1v) is 7.62. The highest BCUT2D eigenvalue weighted by molar-refractivity contribution is 9.10. The largest absolute Gasteiger partial charge is 0.493 e. The lowest BCUT2D eigenvalue weighted by Gasteiger charge is -2.19. The van der Waals surface area contributed by atoms with Gasteiger partial charge in [0.15, 0.2) is 0 Å². The van der Waals surface area contributed by atoms with E-state index in [4.69, 9.17) is 16.3 Å². The Bertz CT molecular complexity index is 580. The number of hydrogen-bond acceptors (Lipinski definition) is 1. The van der Waals surface area contributed by atoms with Crippen LogP contribution in [0.4, 0.5) is 0 Å². The first kappa shape index (κ1) is 13.0. The molecule has 1 atom stereocenters. The number of benzene rings is 2. The summed E-state index contributed by atoms with van der Waals surface area (Å²) in [6, 6.07) is 14.4. The average Bonchev–Trinajstić information content (AvgIpc) is 2.47. The van der Waals surface area contributed by atoms with Crippen molar-refractivity contribution in [2.24, 2.45) is 0 Å². The fourth-order valence-corrected chi connectivity index (χ4v) is 2.91. The lowest BCUT2D eigenvalue weighted by atomic mass is 9.99. The highest BCUT2D eigenvalue weighted by Gasteiger charge is 2.15. The molecule has 98 valence electrons. The molecule has 0 saturated heterocycles. The van der Waals surface area contributed by atoms with Crippen LogP contribution in [-0.2, 0) is 6.42 Å². The Morgan fingerprint density at radius 2 is 1.79 bits per heavy atom. The van der Waals surface area contributed by atoms with Gasteiger partial charge >= 0.3 is 0 Å². The van der Waals surface area contributed by atoms with Crippen LogP contribution in [0.25, 0.3) is 0 Å². The molecule has 0 aromatic heterocycles. The second kappa shape index (κ2) is 5.56. The molecule has 0 fully saturated rings. The zero-order chi connectivity index (χ0) is 13.2. The fourth-order valence-electron chi connectivity index (χ4n) is 2.36. The Hall–Kier alpha value is -0.990. The molecule has 1 aliphatic heterocycles. The smallest absolute Gasteiger partial charge is 0.122 e. The Kier molecular flexibility index (Phi) is 3.81. The van der Waals surface area contributed by atoms with E-state index in [2.05, 4.69) is 40.2 Å². The van der Waals surface area contributed by atoms with Gasteiger partial charge in [0.2, 0.25) is 0 Å². The molecule has 1 unspecified atom stereocenters. The van der Waals surface area contributed by atoms with Gasteiger partial charge in [-0.25, -0.2) is 0 Å². The third-order valence-electron chi connectivity index (χ3n) is 3.39. The van der Waals surface area contributed by atoms with Gasteiger partial charge in [-0.05, 0) is 47.7 Å². The molecule has 1 nitrogen and oxygen atoms in total. The molecule has 19 heavy (non-hydrogen) atoms. The van der Waals surface area contributed by atoms with E-state index in [9.17, 15) is 0 Å². The monoisotopic (exact) mass is 336 g/mol. The van der Waals surface area contributed by atoms with E-state index >= 15 is 0 Å². The van der Waals surface area contributed by atoms with Crippen molar-refractivity contribution in [2.45, 2.75) is 18.2 Å². The van der Waals surface area contributed by atoms with Crippen LogP contribution in [0.3, 0.4) is 0 Å². The minimum Gasteiger partial charge on any atom is -0.493 e. The summed E-state index contributed by atoms with van der Waals surface area (Å²) in [6.07, 6.45) is 2.16. The molecule has 0 radical (unpaired) electrons. The van der Waals surface area contributed by atoms with Crippen molar-refractivity contribution >= 4 is 27.5 Å². The zero-order valence-corrected chi connectivity index (χ0v) is 12.7. The van der Waals surface area contributed by atoms with E-state index in [1.54, 1.807) is 0 Å². The summed E-state index contributed by atoms with van der Waals surface area (Å²) in [5.41, 5.74) is 3.52. The molecule has 0 bridgehead atoms. The molecule has 0 N–H and O–H groups in total. The van der Waals surface area contributed by atoms with Gasteiger partial charge in [0.25, 0.3) is 0 Å². The van der Waals surface area contributed by atoms with E-state index < -0.39 is 0 Å². The molecule has 0 saturated carbocycles. The van der Waals surface area contributed by atoms with Crippen molar-refractivity contribution in [1.82, 2.24) is 0 Å². The number of rotatable bonds is 2. The van der Waals surface area contributed by atoms with Gasteiger partial charge in [0, 0.05) is 4.47 Å². The predicted molar refractivity (Wildman–Crippen MR) is 82.1 cm³/mol. The maximum Gasteiger partial charge on any atom is 0.122 e. The minimum atomic E-state index is -0.111. The van der Waals surface area contributed by atoms with E-state index in [1.807, 2.05) is 18.2 Å². The summed E-state index contributed by atoms with van der Waals surface area (Å²) in [7, 11) is 0. The summed E-state index contributed by atoms with van der Waals surface area (Å²) in [6.45, 7) is 0.823. The number of aryl methyl sites for hydroxylation is 1. The lowest BCUT2D eigenvalue weighted by Crippen LogP contribution is -2.08. The van der Waals surface area contributed by atoms with Crippen LogP contribution in [0.1, 0.15) is 28.5 Å². The van der Waals surface area contributed by atoms with Gasteiger partial charge in [-0.2, -0.15) is 0 Å². The second-order valence-electron chi connectivity index (χ2n) is 4.73. The third-order valence-corrected chi connectivity index (χ3v) is 4.42. The van der Waals surface area contributed by atoms with E-state index in [-0.39, 0.29) is 5.38 Å². The average molecular weight is 338 g/mol. The van der Waals surface area contributed by atoms with Crippen molar-refractivity contribution in [3.8, 4) is 5.75 Å². The highest BCUT2D eigenvalue weighted by atomic mass is 79.9. The molecular formula is C16H14BrClO. The molecule has 2 aromatic carbocycles. The Morgan fingerprint density at radius 1 is 1.05 bits per heavy atom. The molecule has 0 aliphatic carbocycles. The Labute approximate surface area is 126 Å². The van der Waals surface area contributed by atoms with Crippen LogP contribution in [-0.4, -0.2) is 6.61 Å². The molecular weight excluding hydrogens is 324 g/mol. The van der Waals surface area contributed by atoms with Gasteiger partial charge in [-0.3, -0.25) is 0 Å². The fraction of sp³-hybridized carbons (Fsp3) is 0.250. The summed E-state index contributed by atoms with van der Waals surface area (Å²) < 4.78 is 6.70. The van der Waals surface area contributed by atoms with Crippen molar-refractivity contribution in [3.63, 3.8) is 0 Å². The normalized spacial score (nSPS) is 15.5. The zero-order valence-electron chi connectivity index (χ0n) is 10.4. The first-order chi connectivity index (χ1) is 9.24. The highest BCUT2D eigenvalue weighted by Crippen LogP contribution is 2.34. The van der Waals surface area contributed by atoms with Crippen LogP contribution in [0.5, 0.6) is 5.75 Å². The SMILES string of the molecule is ClC(c1ccc(Br)cc1)c1ccc2c(c1)CCCO2. The van der Waals surface area contributed by atoms with Gasteiger partial charge < -0.3 is 4.74 Å². The van der Waals surface area contributed by atoms with Crippen LogP contribution in [0, 0.1) is 0 Å². The molecule has 0 amide bonds. The lowest BCUT2D eigenvalue weighted by molar-refractivity contribution is 0.288. The van der Waals surface area contributed by atoms with Crippen LogP contribution in [0.15, 0.2) is 46.9 Å². The van der Waals surface area contributed by atoms with Crippen molar-refractivity contribution in [2.75, 3.05) is 6.61 Å². The maximum absolute atomic E-state index is 6.57. The van der Waals surface area contributed by atoms with E-state index in [0.29, 0.717) is 0 Å². The predicted octanol–water partition coefficient (Wildman–Crippen LogP) is 5.10. The maximum atomic E-state index is 6.57. The summed E-state index contributed by atoms with van der Waals surface area (Å²) in [5, 5.41) is -0.111. The van der Waals surface area contributed by atoms with E-state index in [1.165, 1.54) is 5.56 Å². The topological polar surface area (TPSA) is 9.23 Å². The molecule has 1 aliphatic rings. The minimum absolute atomic E-state index is 0.111. The number of fused-ring (bicyclic) bond motifs is 1. The van der Waals surface area contributed by atoms with Crippen molar-refractivity contribution in [1.29, 1.82) is 0 Å². The first-order valence-electron chi connectivity index (χ1n) is 6.39. The summed E-state index contributed by atoms with van der Waals surface area (Å²) in [5.74, 6) is 1.01. The number of ether oxygens (including phenoxy) is 1. The quantitative estimate of drug-likeness (QED) is 0.693. The van der Waals surface area contributed by atoms with Crippen LogP contribution in [0.2, 0.25) is 0 Å². The Morgan fingerprint density at radius 3 is 2.58 bits per heavy atom. The van der Waals surface area contributed by atoms with E-state index in [0.717, 1.165) is 40.8 Å². The van der Waals surface area contributed by atoms with Gasteiger partial charge in [-0.1, -0.05) is 40.2 Å². The third kappa shape index (κ3) is 2.80. The number of alkyl halides is 1. The number of hydrogen-bond donors (Lipinski definition) is 0. The van der Waals surface area contributed by atoms with Gasteiger partial charge in [-0.15, -0.1) is 11.6 Å². The molecule has 2 aromatic rings. The van der Waals surface area contributed by atoms with Crippen LogP contribution >= 0.6 is 27.5 Å².